The number of methoxy groups -OCH3 is 1. The number of anilines is 2. The number of aryl methyl sites for hydroxylation is 1. The summed E-state index contributed by atoms with van der Waals surface area (Å²) in [7, 11) is 1.54. The zero-order chi connectivity index (χ0) is 29.5. The maximum Gasteiger partial charge on any atom is 0.305 e. The summed E-state index contributed by atoms with van der Waals surface area (Å²) in [6, 6.07) is 19.5. The van der Waals surface area contributed by atoms with Crippen molar-refractivity contribution in [2.24, 2.45) is 5.92 Å². The molecule has 4 aromatic rings. The first-order chi connectivity index (χ1) is 20.2. The summed E-state index contributed by atoms with van der Waals surface area (Å²) < 4.78 is 12.0. The Morgan fingerprint density at radius 1 is 1.05 bits per heavy atom. The Morgan fingerprint density at radius 3 is 2.55 bits per heavy atom. The van der Waals surface area contributed by atoms with Crippen LogP contribution in [-0.4, -0.2) is 41.7 Å². The van der Waals surface area contributed by atoms with E-state index in [0.29, 0.717) is 38.3 Å². The maximum atomic E-state index is 14.1. The first-order valence-electron chi connectivity index (χ1n) is 12.9. The van der Waals surface area contributed by atoms with Gasteiger partial charge in [0.25, 0.3) is 5.91 Å². The number of hydrogen-bond acceptors (Lipinski definition) is 8. The van der Waals surface area contributed by atoms with Crippen molar-refractivity contribution in [2.75, 3.05) is 23.9 Å². The second kappa shape index (κ2) is 11.4. The van der Waals surface area contributed by atoms with Crippen LogP contribution in [-0.2, 0) is 14.4 Å². The number of carbonyl (C=O) groups excluding carboxylic acids is 3. The van der Waals surface area contributed by atoms with Crippen LogP contribution in [0.1, 0.15) is 21.9 Å². The van der Waals surface area contributed by atoms with Crippen molar-refractivity contribution in [3.63, 3.8) is 0 Å². The Hall–Kier alpha value is -3.87. The molecule has 6 rings (SSSR count). The molecular formula is C30H24BrN3O6S2. The van der Waals surface area contributed by atoms with Gasteiger partial charge in [-0.3, -0.25) is 19.2 Å². The van der Waals surface area contributed by atoms with E-state index in [4.69, 9.17) is 9.47 Å². The van der Waals surface area contributed by atoms with Crippen LogP contribution in [0.25, 0.3) is 0 Å². The van der Waals surface area contributed by atoms with Crippen molar-refractivity contribution in [1.29, 1.82) is 0 Å². The van der Waals surface area contributed by atoms with Gasteiger partial charge in [-0.25, -0.2) is 4.90 Å². The van der Waals surface area contributed by atoms with E-state index < -0.39 is 17.1 Å². The number of H-pyrrole nitrogens is 1. The van der Waals surface area contributed by atoms with Gasteiger partial charge in [0.2, 0.25) is 11.8 Å². The summed E-state index contributed by atoms with van der Waals surface area (Å²) in [6.07, 6.45) is 0. The second-order valence-electron chi connectivity index (χ2n) is 9.79. The summed E-state index contributed by atoms with van der Waals surface area (Å²) in [6.45, 7) is 1.62. The quantitative estimate of drug-likeness (QED) is 0.256. The van der Waals surface area contributed by atoms with Crippen LogP contribution in [0.15, 0.2) is 81.0 Å². The van der Waals surface area contributed by atoms with E-state index in [1.807, 2.05) is 37.3 Å². The van der Waals surface area contributed by atoms with E-state index in [1.54, 1.807) is 43.5 Å². The van der Waals surface area contributed by atoms with Crippen LogP contribution in [0.5, 0.6) is 11.5 Å². The average molecular weight is 667 g/mol. The lowest BCUT2D eigenvalue weighted by Crippen LogP contribution is -2.32. The number of benzene rings is 3. The van der Waals surface area contributed by atoms with Gasteiger partial charge in [-0.1, -0.05) is 57.2 Å². The van der Waals surface area contributed by atoms with E-state index >= 15 is 0 Å². The van der Waals surface area contributed by atoms with Crippen LogP contribution < -0.4 is 24.6 Å². The molecule has 0 saturated carbocycles. The first-order valence-corrected chi connectivity index (χ1v) is 15.4. The van der Waals surface area contributed by atoms with Gasteiger partial charge in [0.15, 0.2) is 6.61 Å². The number of thioether (sulfide) groups is 1. The second-order valence-corrected chi connectivity index (χ2v) is 12.9. The molecule has 1 aromatic heterocycles. The number of amides is 3. The van der Waals surface area contributed by atoms with Crippen LogP contribution in [0.2, 0.25) is 0 Å². The molecule has 214 valence electrons. The maximum absolute atomic E-state index is 14.1. The number of ether oxygens (including phenoxy) is 2. The molecule has 0 aliphatic carbocycles. The van der Waals surface area contributed by atoms with Gasteiger partial charge >= 0.3 is 4.87 Å². The van der Waals surface area contributed by atoms with Gasteiger partial charge in [-0.2, -0.15) is 0 Å². The van der Waals surface area contributed by atoms with Crippen LogP contribution in [0, 0.1) is 12.8 Å². The van der Waals surface area contributed by atoms with E-state index in [1.165, 1.54) is 16.7 Å². The zero-order valence-corrected chi connectivity index (χ0v) is 25.6. The third kappa shape index (κ3) is 5.14. The molecular weight excluding hydrogens is 642 g/mol. The Balaban J connectivity index is 1.36. The SMILES string of the molecule is COc1ccc(N2C(=O)C3Sc4[nH]c(=O)sc4C(c4cc(Br)ccc4OCC(=O)Nc4ccccc4C)C3C2=O)cc1. The monoisotopic (exact) mass is 665 g/mol. The smallest absolute Gasteiger partial charge is 0.305 e. The molecule has 3 amide bonds. The summed E-state index contributed by atoms with van der Waals surface area (Å²) in [5.41, 5.74) is 2.64. The molecule has 3 unspecified atom stereocenters. The van der Waals surface area contributed by atoms with Crippen molar-refractivity contribution in [3.8, 4) is 11.5 Å². The highest BCUT2D eigenvalue weighted by atomic mass is 79.9. The van der Waals surface area contributed by atoms with Crippen molar-refractivity contribution in [1.82, 2.24) is 4.98 Å². The van der Waals surface area contributed by atoms with E-state index in [0.717, 1.165) is 21.4 Å². The third-order valence-electron chi connectivity index (χ3n) is 7.24. The highest BCUT2D eigenvalue weighted by molar-refractivity contribution is 9.10. The largest absolute Gasteiger partial charge is 0.497 e. The van der Waals surface area contributed by atoms with Gasteiger partial charge in [-0.15, -0.1) is 0 Å². The predicted octanol–water partition coefficient (Wildman–Crippen LogP) is 5.33. The number of thiazole rings is 1. The third-order valence-corrected chi connectivity index (χ3v) is 10.1. The molecule has 0 bridgehead atoms. The van der Waals surface area contributed by atoms with Crippen molar-refractivity contribution in [2.45, 2.75) is 23.1 Å². The molecule has 42 heavy (non-hydrogen) atoms. The lowest BCUT2D eigenvalue weighted by atomic mass is 9.82. The molecule has 3 atom stereocenters. The van der Waals surface area contributed by atoms with E-state index in [9.17, 15) is 19.2 Å². The Morgan fingerprint density at radius 2 is 1.81 bits per heavy atom. The molecule has 0 spiro atoms. The Kier molecular flexibility index (Phi) is 7.69. The number of fused-ring (bicyclic) bond motifs is 2. The summed E-state index contributed by atoms with van der Waals surface area (Å²) >= 11 is 5.73. The standard InChI is InChI=1S/C30H24BrN3O6S2/c1-15-5-3-4-6-20(15)32-22(35)14-40-21-12-7-16(31)13-19(21)23-24-26(41-27-25(23)42-30(38)33-27)29(37)34(28(24)36)17-8-10-18(39-2)11-9-17/h3-13,23-24,26H,14H2,1-2H3,(H,32,35)(H,33,38). The molecule has 3 aromatic carbocycles. The van der Waals surface area contributed by atoms with Gasteiger partial charge in [-0.05, 0) is 61.0 Å². The molecule has 0 radical (unpaired) electrons. The highest BCUT2D eigenvalue weighted by Gasteiger charge is 2.56. The number of nitrogens with one attached hydrogen (secondary N) is 2. The lowest BCUT2D eigenvalue weighted by Gasteiger charge is -2.31. The summed E-state index contributed by atoms with van der Waals surface area (Å²) in [5.74, 6) is -1.57. The minimum Gasteiger partial charge on any atom is -0.497 e. The number of nitrogens with zero attached hydrogens (tertiary/aromatic N) is 1. The van der Waals surface area contributed by atoms with Crippen molar-refractivity contribution < 1.29 is 23.9 Å². The van der Waals surface area contributed by atoms with Gasteiger partial charge in [0, 0.05) is 26.5 Å². The molecule has 1 saturated heterocycles. The predicted molar refractivity (Wildman–Crippen MR) is 165 cm³/mol. The molecule has 2 N–H and O–H groups in total. The number of imide groups is 1. The van der Waals surface area contributed by atoms with Gasteiger partial charge in [0.05, 0.1) is 23.7 Å². The fourth-order valence-corrected chi connectivity index (χ4v) is 8.16. The Labute approximate surface area is 257 Å². The number of aromatic nitrogens is 1. The zero-order valence-electron chi connectivity index (χ0n) is 22.4. The minimum absolute atomic E-state index is 0.278. The summed E-state index contributed by atoms with van der Waals surface area (Å²) in [4.78, 5) is 57.5. The number of carbonyl (C=O) groups is 3. The number of halogens is 1. The molecule has 9 nitrogen and oxygen atoms in total. The molecule has 2 aliphatic heterocycles. The van der Waals surface area contributed by atoms with Crippen LogP contribution in [0.4, 0.5) is 11.4 Å². The number of para-hydroxylation sites is 1. The summed E-state index contributed by atoms with van der Waals surface area (Å²) in [5, 5.41) is 2.64. The highest BCUT2D eigenvalue weighted by Crippen LogP contribution is 2.54. The fourth-order valence-electron chi connectivity index (χ4n) is 5.27. The van der Waals surface area contributed by atoms with Gasteiger partial charge < -0.3 is 19.8 Å². The fraction of sp³-hybridized carbons (Fsp3) is 0.200. The van der Waals surface area contributed by atoms with E-state index in [2.05, 4.69) is 26.2 Å². The van der Waals surface area contributed by atoms with Crippen molar-refractivity contribution >= 4 is 68.1 Å². The molecule has 2 aliphatic rings. The molecule has 1 fully saturated rings. The first kappa shape index (κ1) is 28.3. The average Bonchev–Trinajstić information content (AvgIpc) is 3.47. The molecule has 3 heterocycles. The minimum atomic E-state index is -0.805. The lowest BCUT2D eigenvalue weighted by molar-refractivity contribution is -0.122. The van der Waals surface area contributed by atoms with Crippen LogP contribution >= 0.6 is 39.0 Å². The number of rotatable bonds is 7. The van der Waals surface area contributed by atoms with Gasteiger partial charge in [0.1, 0.15) is 16.7 Å². The van der Waals surface area contributed by atoms with Crippen molar-refractivity contribution in [3.05, 3.63) is 96.9 Å². The van der Waals surface area contributed by atoms with Crippen LogP contribution in [0.3, 0.4) is 0 Å². The topological polar surface area (TPSA) is 118 Å². The number of hydrogen-bond donors (Lipinski definition) is 2. The van der Waals surface area contributed by atoms with E-state index in [-0.39, 0.29) is 29.2 Å². The number of aromatic amines is 1. The normalized spacial score (nSPS) is 19.3. The Bertz CT molecular complexity index is 1770. The molecule has 12 heteroatoms.